The van der Waals surface area contributed by atoms with Gasteiger partial charge >= 0.3 is 0 Å². The third kappa shape index (κ3) is 3.54. The van der Waals surface area contributed by atoms with Crippen LogP contribution in [0.3, 0.4) is 0 Å². The molecule has 7 nitrogen and oxygen atoms in total. The number of fused-ring (bicyclic) bond motifs is 3. The van der Waals surface area contributed by atoms with Crippen LogP contribution in [0.15, 0.2) is 30.3 Å². The van der Waals surface area contributed by atoms with Gasteiger partial charge in [-0.05, 0) is 41.8 Å². The average Bonchev–Trinajstić information content (AvgIpc) is 2.81. The third-order valence-electron chi connectivity index (χ3n) is 5.96. The Labute approximate surface area is 182 Å². The van der Waals surface area contributed by atoms with Crippen molar-refractivity contribution in [3.8, 4) is 28.7 Å². The predicted octanol–water partition coefficient (Wildman–Crippen LogP) is 3.64. The van der Waals surface area contributed by atoms with Gasteiger partial charge in [0, 0.05) is 30.3 Å². The van der Waals surface area contributed by atoms with Gasteiger partial charge in [-0.1, -0.05) is 0 Å². The molecule has 0 spiro atoms. The summed E-state index contributed by atoms with van der Waals surface area (Å²) in [6.45, 7) is 0.781. The molecule has 2 aromatic rings. The Hall–Kier alpha value is -3.35. The van der Waals surface area contributed by atoms with E-state index >= 15 is 0 Å². The minimum Gasteiger partial charge on any atom is -0.493 e. The van der Waals surface area contributed by atoms with E-state index < -0.39 is 0 Å². The van der Waals surface area contributed by atoms with Crippen molar-refractivity contribution in [1.29, 1.82) is 0 Å². The maximum Gasteiger partial charge on any atom is 0.203 e. The van der Waals surface area contributed by atoms with E-state index in [0.29, 0.717) is 35.2 Å². The smallest absolute Gasteiger partial charge is 0.203 e. The van der Waals surface area contributed by atoms with Crippen LogP contribution in [-0.4, -0.2) is 52.8 Å². The van der Waals surface area contributed by atoms with Crippen LogP contribution in [-0.2, 0) is 11.2 Å². The number of carbonyl (C=O) groups is 1. The number of methoxy groups -OCH3 is 5. The zero-order chi connectivity index (χ0) is 22.1. The molecule has 4 rings (SSSR count). The summed E-state index contributed by atoms with van der Waals surface area (Å²) in [5.41, 5.74) is 3.97. The lowest BCUT2D eigenvalue weighted by atomic mass is 9.87. The highest BCUT2D eigenvalue weighted by molar-refractivity contribution is 5.99. The fourth-order valence-electron chi connectivity index (χ4n) is 4.47. The molecular weight excluding hydrogens is 398 g/mol. The lowest BCUT2D eigenvalue weighted by Gasteiger charge is -2.42. The number of ether oxygens (including phenoxy) is 5. The van der Waals surface area contributed by atoms with Gasteiger partial charge < -0.3 is 28.6 Å². The summed E-state index contributed by atoms with van der Waals surface area (Å²) in [7, 11) is 8.01. The highest BCUT2D eigenvalue weighted by atomic mass is 16.5. The third-order valence-corrected chi connectivity index (χ3v) is 5.96. The summed E-state index contributed by atoms with van der Waals surface area (Å²) in [5, 5.41) is 0. The van der Waals surface area contributed by atoms with Crippen molar-refractivity contribution in [3.05, 3.63) is 47.0 Å². The Morgan fingerprint density at radius 3 is 2.00 bits per heavy atom. The van der Waals surface area contributed by atoms with E-state index in [9.17, 15) is 4.79 Å². The molecule has 1 unspecified atom stereocenters. The standard InChI is InChI=1S/C24H27NO6/c1-27-20-8-14-6-7-25-18(11-16(26)12-19(25)17(14)13-21(20)28-2)15-9-22(29-3)24(31-5)23(10-15)30-4/h8-10,12-13,18H,6-7,11H2,1-5H3. The Morgan fingerprint density at radius 2 is 1.42 bits per heavy atom. The first-order valence-electron chi connectivity index (χ1n) is 10.1. The second kappa shape index (κ2) is 8.41. The van der Waals surface area contributed by atoms with Crippen molar-refractivity contribution in [2.24, 2.45) is 0 Å². The molecule has 0 saturated carbocycles. The molecule has 0 radical (unpaired) electrons. The summed E-state index contributed by atoms with van der Waals surface area (Å²) < 4.78 is 27.5. The van der Waals surface area contributed by atoms with Crippen LogP contribution in [0, 0.1) is 0 Å². The Balaban J connectivity index is 1.80. The summed E-state index contributed by atoms with van der Waals surface area (Å²) in [5.74, 6) is 3.10. The summed E-state index contributed by atoms with van der Waals surface area (Å²) in [6.07, 6.45) is 2.95. The highest BCUT2D eigenvalue weighted by Gasteiger charge is 2.35. The van der Waals surface area contributed by atoms with E-state index in [2.05, 4.69) is 4.90 Å². The van der Waals surface area contributed by atoms with Crippen LogP contribution in [0.1, 0.15) is 29.2 Å². The van der Waals surface area contributed by atoms with Gasteiger partial charge in [-0.25, -0.2) is 0 Å². The van der Waals surface area contributed by atoms with Crippen molar-refractivity contribution in [2.45, 2.75) is 18.9 Å². The molecule has 0 fully saturated rings. The quantitative estimate of drug-likeness (QED) is 0.700. The molecule has 2 aromatic carbocycles. The molecule has 0 amide bonds. The number of carbonyl (C=O) groups excluding carboxylic acids is 1. The highest BCUT2D eigenvalue weighted by Crippen LogP contribution is 2.46. The molecule has 0 bridgehead atoms. The topological polar surface area (TPSA) is 66.5 Å². The van der Waals surface area contributed by atoms with E-state index in [1.807, 2.05) is 24.3 Å². The summed E-state index contributed by atoms with van der Waals surface area (Å²) in [6, 6.07) is 7.66. The molecule has 2 aliphatic rings. The van der Waals surface area contributed by atoms with Gasteiger partial charge in [0.25, 0.3) is 0 Å². The molecule has 0 aliphatic carbocycles. The van der Waals surface area contributed by atoms with Gasteiger partial charge in [0.1, 0.15) is 0 Å². The van der Waals surface area contributed by atoms with Crippen LogP contribution in [0.25, 0.3) is 5.70 Å². The molecule has 7 heteroatoms. The van der Waals surface area contributed by atoms with Gasteiger partial charge in [0.15, 0.2) is 28.8 Å². The largest absolute Gasteiger partial charge is 0.493 e. The summed E-state index contributed by atoms with van der Waals surface area (Å²) >= 11 is 0. The van der Waals surface area contributed by atoms with Crippen LogP contribution in [0.2, 0.25) is 0 Å². The second-order valence-electron chi connectivity index (χ2n) is 7.48. The lowest BCUT2D eigenvalue weighted by molar-refractivity contribution is -0.116. The predicted molar refractivity (Wildman–Crippen MR) is 116 cm³/mol. The molecule has 2 heterocycles. The molecule has 0 aromatic heterocycles. The number of nitrogens with zero attached hydrogens (tertiary/aromatic N) is 1. The zero-order valence-electron chi connectivity index (χ0n) is 18.5. The first-order chi connectivity index (χ1) is 15.0. The first-order valence-corrected chi connectivity index (χ1v) is 10.1. The van der Waals surface area contributed by atoms with Crippen LogP contribution in [0.4, 0.5) is 0 Å². The lowest BCUT2D eigenvalue weighted by Crippen LogP contribution is -2.37. The molecule has 2 aliphatic heterocycles. The Morgan fingerprint density at radius 1 is 0.806 bits per heavy atom. The molecular formula is C24H27NO6. The van der Waals surface area contributed by atoms with Crippen LogP contribution < -0.4 is 23.7 Å². The zero-order valence-corrected chi connectivity index (χ0v) is 18.5. The average molecular weight is 425 g/mol. The summed E-state index contributed by atoms with van der Waals surface area (Å²) in [4.78, 5) is 15.0. The van der Waals surface area contributed by atoms with Gasteiger partial charge in [-0.2, -0.15) is 0 Å². The van der Waals surface area contributed by atoms with Crippen molar-refractivity contribution >= 4 is 11.5 Å². The van der Waals surface area contributed by atoms with E-state index in [4.69, 9.17) is 23.7 Å². The molecule has 164 valence electrons. The fraction of sp³-hybridized carbons (Fsp3) is 0.375. The normalized spacial score (nSPS) is 17.3. The molecule has 31 heavy (non-hydrogen) atoms. The van der Waals surface area contributed by atoms with Crippen molar-refractivity contribution in [1.82, 2.24) is 4.90 Å². The number of benzene rings is 2. The van der Waals surface area contributed by atoms with Gasteiger partial charge in [-0.15, -0.1) is 0 Å². The number of ketones is 1. The maximum atomic E-state index is 12.8. The monoisotopic (exact) mass is 425 g/mol. The Bertz CT molecular complexity index is 1020. The minimum absolute atomic E-state index is 0.0765. The first kappa shape index (κ1) is 20.9. The van der Waals surface area contributed by atoms with Crippen molar-refractivity contribution < 1.29 is 28.5 Å². The molecule has 0 N–H and O–H groups in total. The number of hydrogen-bond acceptors (Lipinski definition) is 7. The number of hydrogen-bond donors (Lipinski definition) is 0. The van der Waals surface area contributed by atoms with Gasteiger partial charge in [0.05, 0.1) is 41.6 Å². The maximum absolute atomic E-state index is 12.8. The van der Waals surface area contributed by atoms with E-state index in [-0.39, 0.29) is 11.8 Å². The fourth-order valence-corrected chi connectivity index (χ4v) is 4.47. The SMILES string of the molecule is COc1cc2c(cc1OC)C1=CC(=O)CC(c3cc(OC)c(OC)c(OC)c3)N1CC2. The second-order valence-corrected chi connectivity index (χ2v) is 7.48. The number of rotatable bonds is 6. The van der Waals surface area contributed by atoms with Gasteiger partial charge in [0.2, 0.25) is 5.75 Å². The van der Waals surface area contributed by atoms with E-state index in [0.717, 1.165) is 35.4 Å². The van der Waals surface area contributed by atoms with Crippen LogP contribution in [0.5, 0.6) is 28.7 Å². The Kier molecular flexibility index (Phi) is 5.67. The van der Waals surface area contributed by atoms with Crippen molar-refractivity contribution in [3.63, 3.8) is 0 Å². The minimum atomic E-state index is -0.137. The van der Waals surface area contributed by atoms with Crippen molar-refractivity contribution in [2.75, 3.05) is 42.1 Å². The van der Waals surface area contributed by atoms with Gasteiger partial charge in [-0.3, -0.25) is 4.79 Å². The number of allylic oxidation sites excluding steroid dienone is 1. The van der Waals surface area contributed by atoms with E-state index in [1.54, 1.807) is 41.6 Å². The molecule has 1 atom stereocenters. The van der Waals surface area contributed by atoms with E-state index in [1.165, 1.54) is 0 Å². The van der Waals surface area contributed by atoms with Crippen LogP contribution >= 0.6 is 0 Å². The molecule has 0 saturated heterocycles.